The molecule has 0 atom stereocenters. The first kappa shape index (κ1) is 13.3. The minimum absolute atomic E-state index is 0.0622. The number of hydrogen-bond acceptors (Lipinski definition) is 5. The smallest absolute Gasteiger partial charge is 0.270 e. The lowest BCUT2D eigenvalue weighted by Gasteiger charge is -2.39. The Kier molecular flexibility index (Phi) is 3.40. The first-order chi connectivity index (χ1) is 8.93. The van der Waals surface area contributed by atoms with E-state index in [0.29, 0.717) is 25.3 Å². The zero-order chi connectivity index (χ0) is 14.0. The van der Waals surface area contributed by atoms with E-state index in [1.807, 2.05) is 24.8 Å². The van der Waals surface area contributed by atoms with Crippen LogP contribution >= 0.6 is 0 Å². The maximum Gasteiger partial charge on any atom is 0.270 e. The molecule has 1 fully saturated rings. The lowest BCUT2D eigenvalue weighted by Crippen LogP contribution is -2.48. The summed E-state index contributed by atoms with van der Waals surface area (Å²) >= 11 is 0. The molecule has 0 aromatic heterocycles. The molecule has 2 rings (SSSR count). The molecule has 1 aromatic carbocycles. The van der Waals surface area contributed by atoms with Crippen molar-refractivity contribution in [1.29, 1.82) is 5.26 Å². The Bertz CT molecular complexity index is 549. The Labute approximate surface area is 111 Å². The van der Waals surface area contributed by atoms with Crippen molar-refractivity contribution in [3.8, 4) is 6.07 Å². The van der Waals surface area contributed by atoms with Gasteiger partial charge in [-0.3, -0.25) is 10.1 Å². The van der Waals surface area contributed by atoms with E-state index >= 15 is 0 Å². The Hall–Kier alpha value is -2.13. The molecule has 0 N–H and O–H groups in total. The van der Waals surface area contributed by atoms with Gasteiger partial charge < -0.3 is 9.64 Å². The molecule has 100 valence electrons. The van der Waals surface area contributed by atoms with E-state index in [1.54, 1.807) is 6.07 Å². The number of nitriles is 1. The van der Waals surface area contributed by atoms with Crippen molar-refractivity contribution in [3.63, 3.8) is 0 Å². The third-order valence-electron chi connectivity index (χ3n) is 3.08. The summed E-state index contributed by atoms with van der Waals surface area (Å²) in [6.45, 7) is 5.87. The third-order valence-corrected chi connectivity index (χ3v) is 3.08. The van der Waals surface area contributed by atoms with Gasteiger partial charge in [0, 0.05) is 25.2 Å². The zero-order valence-corrected chi connectivity index (χ0v) is 10.9. The summed E-state index contributed by atoms with van der Waals surface area (Å²) in [5, 5.41) is 19.9. The molecule has 0 radical (unpaired) electrons. The second-order valence-electron chi connectivity index (χ2n) is 5.10. The standard InChI is InChI=1S/C13H15N3O3/c1-13(2)9-15(5-6-19-13)12-4-3-11(16(17)18)7-10(12)8-14/h3-4,7H,5-6,9H2,1-2H3. The minimum Gasteiger partial charge on any atom is -0.372 e. The summed E-state index contributed by atoms with van der Waals surface area (Å²) in [5.41, 5.74) is 0.705. The predicted molar refractivity (Wildman–Crippen MR) is 70.1 cm³/mol. The first-order valence-electron chi connectivity index (χ1n) is 6.00. The quantitative estimate of drug-likeness (QED) is 0.601. The lowest BCUT2D eigenvalue weighted by molar-refractivity contribution is -0.384. The number of anilines is 1. The van der Waals surface area contributed by atoms with Gasteiger partial charge in [-0.15, -0.1) is 0 Å². The van der Waals surface area contributed by atoms with Gasteiger partial charge >= 0.3 is 0 Å². The van der Waals surface area contributed by atoms with Gasteiger partial charge in [0.25, 0.3) is 5.69 Å². The van der Waals surface area contributed by atoms with Crippen molar-refractivity contribution < 1.29 is 9.66 Å². The molecule has 0 saturated carbocycles. The third kappa shape index (κ3) is 2.83. The number of morpholine rings is 1. The maximum atomic E-state index is 10.7. The van der Waals surface area contributed by atoms with E-state index in [4.69, 9.17) is 10.00 Å². The maximum absolute atomic E-state index is 10.7. The summed E-state index contributed by atoms with van der Waals surface area (Å²) in [6.07, 6.45) is 0. The van der Waals surface area contributed by atoms with E-state index in [2.05, 4.69) is 0 Å². The molecule has 1 aliphatic rings. The Morgan fingerprint density at radius 2 is 2.26 bits per heavy atom. The fourth-order valence-electron chi connectivity index (χ4n) is 2.22. The molecule has 6 nitrogen and oxygen atoms in total. The summed E-state index contributed by atoms with van der Waals surface area (Å²) in [7, 11) is 0. The van der Waals surface area contributed by atoms with Crippen molar-refractivity contribution in [2.45, 2.75) is 19.4 Å². The number of ether oxygens (including phenoxy) is 1. The topological polar surface area (TPSA) is 79.4 Å². The van der Waals surface area contributed by atoms with Gasteiger partial charge in [0.05, 0.1) is 28.4 Å². The number of nitro groups is 1. The van der Waals surface area contributed by atoms with Gasteiger partial charge in [0.15, 0.2) is 0 Å². The van der Waals surface area contributed by atoms with E-state index in [1.165, 1.54) is 12.1 Å². The number of nitro benzene ring substituents is 1. The monoisotopic (exact) mass is 261 g/mol. The van der Waals surface area contributed by atoms with Gasteiger partial charge in [-0.2, -0.15) is 5.26 Å². The van der Waals surface area contributed by atoms with Crippen LogP contribution in [0.4, 0.5) is 11.4 Å². The summed E-state index contributed by atoms with van der Waals surface area (Å²) in [4.78, 5) is 12.3. The predicted octanol–water partition coefficient (Wildman–Crippen LogP) is 2.08. The van der Waals surface area contributed by atoms with Crippen molar-refractivity contribution in [2.24, 2.45) is 0 Å². The van der Waals surface area contributed by atoms with Crippen LogP contribution in [0.1, 0.15) is 19.4 Å². The van der Waals surface area contributed by atoms with E-state index < -0.39 is 4.92 Å². The normalized spacial score (nSPS) is 17.8. The van der Waals surface area contributed by atoms with Crippen LogP contribution in [0.5, 0.6) is 0 Å². The molecule has 0 spiro atoms. The molecule has 0 unspecified atom stereocenters. The fourth-order valence-corrected chi connectivity index (χ4v) is 2.22. The largest absolute Gasteiger partial charge is 0.372 e. The van der Waals surface area contributed by atoms with E-state index in [-0.39, 0.29) is 11.3 Å². The molecule has 6 heteroatoms. The molecule has 1 aliphatic heterocycles. The molecule has 0 aliphatic carbocycles. The number of benzene rings is 1. The van der Waals surface area contributed by atoms with Gasteiger partial charge in [-0.25, -0.2) is 0 Å². The summed E-state index contributed by atoms with van der Waals surface area (Å²) in [6, 6.07) is 6.41. The second-order valence-corrected chi connectivity index (χ2v) is 5.10. The number of rotatable bonds is 2. The SMILES string of the molecule is CC1(C)CN(c2ccc([N+](=O)[O-])cc2C#N)CCO1. The van der Waals surface area contributed by atoms with E-state index in [9.17, 15) is 10.1 Å². The van der Waals surface area contributed by atoms with Crippen LogP contribution in [0.3, 0.4) is 0 Å². The highest BCUT2D eigenvalue weighted by Gasteiger charge is 2.28. The van der Waals surface area contributed by atoms with Crippen LogP contribution < -0.4 is 4.90 Å². The van der Waals surface area contributed by atoms with E-state index in [0.717, 1.165) is 5.69 Å². The minimum atomic E-state index is -0.492. The molecule has 1 saturated heterocycles. The van der Waals surface area contributed by atoms with Gasteiger partial charge in [0.2, 0.25) is 0 Å². The highest BCUT2D eigenvalue weighted by Crippen LogP contribution is 2.28. The lowest BCUT2D eigenvalue weighted by atomic mass is 10.0. The summed E-state index contributed by atoms with van der Waals surface area (Å²) in [5.74, 6) is 0. The molecular formula is C13H15N3O3. The molecule has 0 bridgehead atoms. The highest BCUT2D eigenvalue weighted by atomic mass is 16.6. The zero-order valence-electron chi connectivity index (χ0n) is 10.9. The average Bonchev–Trinajstić information content (AvgIpc) is 2.36. The molecule has 0 amide bonds. The molecular weight excluding hydrogens is 246 g/mol. The average molecular weight is 261 g/mol. The van der Waals surface area contributed by atoms with Crippen molar-refractivity contribution in [2.75, 3.05) is 24.6 Å². The Morgan fingerprint density at radius 1 is 1.53 bits per heavy atom. The number of non-ortho nitro benzene ring substituents is 1. The first-order valence-corrected chi connectivity index (χ1v) is 6.00. The summed E-state index contributed by atoms with van der Waals surface area (Å²) < 4.78 is 5.62. The number of nitrogens with zero attached hydrogens (tertiary/aromatic N) is 3. The van der Waals surface area contributed by atoms with Crippen LogP contribution in [0.25, 0.3) is 0 Å². The van der Waals surface area contributed by atoms with Crippen molar-refractivity contribution >= 4 is 11.4 Å². The molecule has 19 heavy (non-hydrogen) atoms. The molecule has 1 heterocycles. The van der Waals surface area contributed by atoms with Crippen LogP contribution in [-0.2, 0) is 4.74 Å². The van der Waals surface area contributed by atoms with Gasteiger partial charge in [0.1, 0.15) is 6.07 Å². The second kappa shape index (κ2) is 4.86. The Morgan fingerprint density at radius 3 is 2.84 bits per heavy atom. The molecule has 1 aromatic rings. The fraction of sp³-hybridized carbons (Fsp3) is 0.462. The highest BCUT2D eigenvalue weighted by molar-refractivity contribution is 5.63. The Balaban J connectivity index is 2.35. The van der Waals surface area contributed by atoms with Crippen LogP contribution in [0, 0.1) is 21.4 Å². The van der Waals surface area contributed by atoms with Crippen LogP contribution in [0.2, 0.25) is 0 Å². The van der Waals surface area contributed by atoms with Crippen molar-refractivity contribution in [1.82, 2.24) is 0 Å². The van der Waals surface area contributed by atoms with Crippen LogP contribution in [-0.4, -0.2) is 30.2 Å². The van der Waals surface area contributed by atoms with Gasteiger partial charge in [-0.1, -0.05) is 0 Å². The number of hydrogen-bond donors (Lipinski definition) is 0. The van der Waals surface area contributed by atoms with Gasteiger partial charge in [-0.05, 0) is 19.9 Å². The van der Waals surface area contributed by atoms with Crippen molar-refractivity contribution in [3.05, 3.63) is 33.9 Å². The van der Waals surface area contributed by atoms with Crippen LogP contribution in [0.15, 0.2) is 18.2 Å².